The molecule has 0 saturated heterocycles. The SMILES string of the molecule is CC(NC(=O)C=Cc1ccccc1F)c1cccc(-c2ccccn2)c1. The molecule has 3 nitrogen and oxygen atoms in total. The van der Waals surface area contributed by atoms with Crippen molar-refractivity contribution >= 4 is 12.0 Å². The first-order valence-corrected chi connectivity index (χ1v) is 8.38. The molecule has 1 aromatic heterocycles. The number of hydrogen-bond donors (Lipinski definition) is 1. The standard InChI is InChI=1S/C22H19FN2O/c1-16(25-22(26)13-12-17-7-2-3-10-20(17)23)18-8-6-9-19(15-18)21-11-4-5-14-24-21/h2-16H,1H3,(H,25,26). The lowest BCUT2D eigenvalue weighted by atomic mass is 10.0. The minimum atomic E-state index is -0.354. The van der Waals surface area contributed by atoms with Gasteiger partial charge in [-0.25, -0.2) is 4.39 Å². The summed E-state index contributed by atoms with van der Waals surface area (Å²) < 4.78 is 13.6. The van der Waals surface area contributed by atoms with Crippen LogP contribution in [-0.4, -0.2) is 10.9 Å². The van der Waals surface area contributed by atoms with Crippen molar-refractivity contribution < 1.29 is 9.18 Å². The molecule has 0 aliphatic rings. The molecule has 1 heterocycles. The molecular weight excluding hydrogens is 327 g/mol. The largest absolute Gasteiger partial charge is 0.346 e. The normalized spacial score (nSPS) is 12.1. The van der Waals surface area contributed by atoms with Crippen LogP contribution in [0.25, 0.3) is 17.3 Å². The van der Waals surface area contributed by atoms with Gasteiger partial charge in [0.1, 0.15) is 5.82 Å². The first-order chi connectivity index (χ1) is 12.6. The fraction of sp³-hybridized carbons (Fsp3) is 0.0909. The van der Waals surface area contributed by atoms with Crippen LogP contribution in [0.3, 0.4) is 0 Å². The van der Waals surface area contributed by atoms with Gasteiger partial charge < -0.3 is 5.32 Å². The number of amides is 1. The summed E-state index contributed by atoms with van der Waals surface area (Å²) in [6.07, 6.45) is 4.57. The van der Waals surface area contributed by atoms with Crippen LogP contribution in [0.15, 0.2) is 79.0 Å². The summed E-state index contributed by atoms with van der Waals surface area (Å²) >= 11 is 0. The van der Waals surface area contributed by atoms with Gasteiger partial charge in [-0.1, -0.05) is 42.5 Å². The number of halogens is 1. The topological polar surface area (TPSA) is 42.0 Å². The monoisotopic (exact) mass is 346 g/mol. The van der Waals surface area contributed by atoms with Crippen molar-refractivity contribution in [1.82, 2.24) is 10.3 Å². The van der Waals surface area contributed by atoms with E-state index in [1.54, 1.807) is 24.4 Å². The molecule has 0 bridgehead atoms. The Labute approximate surface area is 152 Å². The number of carbonyl (C=O) groups is 1. The molecule has 0 saturated carbocycles. The second kappa shape index (κ2) is 8.21. The van der Waals surface area contributed by atoms with E-state index in [1.807, 2.05) is 49.4 Å². The maximum Gasteiger partial charge on any atom is 0.244 e. The average Bonchev–Trinajstić information content (AvgIpc) is 2.68. The fourth-order valence-electron chi connectivity index (χ4n) is 2.62. The van der Waals surface area contributed by atoms with Gasteiger partial charge >= 0.3 is 0 Å². The van der Waals surface area contributed by atoms with Gasteiger partial charge in [0, 0.05) is 23.4 Å². The van der Waals surface area contributed by atoms with Crippen molar-refractivity contribution in [3.63, 3.8) is 0 Å². The number of pyridine rings is 1. The molecule has 1 N–H and O–H groups in total. The zero-order valence-corrected chi connectivity index (χ0v) is 14.4. The summed E-state index contributed by atoms with van der Waals surface area (Å²) in [5, 5.41) is 2.90. The van der Waals surface area contributed by atoms with Crippen LogP contribution >= 0.6 is 0 Å². The van der Waals surface area contributed by atoms with Crippen LogP contribution in [0.5, 0.6) is 0 Å². The molecule has 3 aromatic rings. The molecule has 0 aliphatic heterocycles. The first kappa shape index (κ1) is 17.5. The number of hydrogen-bond acceptors (Lipinski definition) is 2. The van der Waals surface area contributed by atoms with Crippen LogP contribution < -0.4 is 5.32 Å². The van der Waals surface area contributed by atoms with Crippen molar-refractivity contribution in [3.8, 4) is 11.3 Å². The van der Waals surface area contributed by atoms with Crippen LogP contribution in [0.4, 0.5) is 4.39 Å². The molecule has 1 unspecified atom stereocenters. The van der Waals surface area contributed by atoms with Gasteiger partial charge in [0.2, 0.25) is 5.91 Å². The van der Waals surface area contributed by atoms with E-state index < -0.39 is 0 Å². The lowest BCUT2D eigenvalue weighted by Crippen LogP contribution is -2.24. The zero-order valence-electron chi connectivity index (χ0n) is 14.4. The van der Waals surface area contributed by atoms with Gasteiger partial charge in [0.05, 0.1) is 11.7 Å². The highest BCUT2D eigenvalue weighted by molar-refractivity contribution is 5.92. The molecule has 26 heavy (non-hydrogen) atoms. The Morgan fingerprint density at radius 1 is 1.08 bits per heavy atom. The predicted molar refractivity (Wildman–Crippen MR) is 102 cm³/mol. The van der Waals surface area contributed by atoms with Gasteiger partial charge in [-0.05, 0) is 42.8 Å². The summed E-state index contributed by atoms with van der Waals surface area (Å²) in [4.78, 5) is 16.5. The Balaban J connectivity index is 1.69. The third-order valence-corrected chi connectivity index (χ3v) is 4.03. The Bertz CT molecular complexity index is 922. The lowest BCUT2D eigenvalue weighted by Gasteiger charge is -2.14. The van der Waals surface area contributed by atoms with E-state index in [4.69, 9.17) is 0 Å². The molecule has 0 spiro atoms. The van der Waals surface area contributed by atoms with Crippen molar-refractivity contribution in [3.05, 3.63) is 95.9 Å². The second-order valence-corrected chi connectivity index (χ2v) is 5.93. The molecule has 1 amide bonds. The number of benzene rings is 2. The highest BCUT2D eigenvalue weighted by atomic mass is 19.1. The van der Waals surface area contributed by atoms with Gasteiger partial charge in [0.25, 0.3) is 0 Å². The predicted octanol–water partition coefficient (Wildman–Crippen LogP) is 4.78. The minimum Gasteiger partial charge on any atom is -0.346 e. The minimum absolute atomic E-state index is 0.184. The smallest absolute Gasteiger partial charge is 0.244 e. The van der Waals surface area contributed by atoms with E-state index in [9.17, 15) is 9.18 Å². The van der Waals surface area contributed by atoms with Gasteiger partial charge in [-0.2, -0.15) is 0 Å². The number of nitrogens with zero attached hydrogens (tertiary/aromatic N) is 1. The molecule has 0 fully saturated rings. The zero-order chi connectivity index (χ0) is 18.4. The van der Waals surface area contributed by atoms with E-state index in [0.29, 0.717) is 5.56 Å². The van der Waals surface area contributed by atoms with Crippen LogP contribution in [0, 0.1) is 5.82 Å². The van der Waals surface area contributed by atoms with E-state index in [2.05, 4.69) is 10.3 Å². The molecule has 0 aliphatic carbocycles. The molecule has 130 valence electrons. The Morgan fingerprint density at radius 3 is 2.65 bits per heavy atom. The van der Waals surface area contributed by atoms with Crippen LogP contribution in [0.1, 0.15) is 24.1 Å². The lowest BCUT2D eigenvalue weighted by molar-refractivity contribution is -0.117. The van der Waals surface area contributed by atoms with E-state index in [0.717, 1.165) is 16.8 Å². The van der Waals surface area contributed by atoms with E-state index >= 15 is 0 Å². The van der Waals surface area contributed by atoms with Crippen LogP contribution in [0.2, 0.25) is 0 Å². The quantitative estimate of drug-likeness (QED) is 0.676. The third-order valence-electron chi connectivity index (χ3n) is 4.03. The molecular formula is C22H19FN2O. The maximum absolute atomic E-state index is 13.6. The molecule has 0 radical (unpaired) electrons. The van der Waals surface area contributed by atoms with Crippen molar-refractivity contribution in [2.24, 2.45) is 0 Å². The Hall–Kier alpha value is -3.27. The summed E-state index contributed by atoms with van der Waals surface area (Å²) in [6, 6.07) is 19.8. The summed E-state index contributed by atoms with van der Waals surface area (Å²) in [5.41, 5.74) is 3.23. The molecule has 3 rings (SSSR count). The highest BCUT2D eigenvalue weighted by Crippen LogP contribution is 2.21. The first-order valence-electron chi connectivity index (χ1n) is 8.38. The van der Waals surface area contributed by atoms with Gasteiger partial charge in [-0.3, -0.25) is 9.78 Å². The summed E-state index contributed by atoms with van der Waals surface area (Å²) in [5.74, 6) is -0.628. The summed E-state index contributed by atoms with van der Waals surface area (Å²) in [6.45, 7) is 1.91. The van der Waals surface area contributed by atoms with E-state index in [-0.39, 0.29) is 17.8 Å². The Morgan fingerprint density at radius 2 is 1.88 bits per heavy atom. The highest BCUT2D eigenvalue weighted by Gasteiger charge is 2.09. The van der Waals surface area contributed by atoms with Gasteiger partial charge in [0.15, 0.2) is 0 Å². The van der Waals surface area contributed by atoms with E-state index in [1.165, 1.54) is 18.2 Å². The third kappa shape index (κ3) is 4.42. The fourth-order valence-corrected chi connectivity index (χ4v) is 2.62. The van der Waals surface area contributed by atoms with Crippen LogP contribution in [-0.2, 0) is 4.79 Å². The number of aromatic nitrogens is 1. The molecule has 1 atom stereocenters. The number of nitrogens with one attached hydrogen (secondary N) is 1. The number of carbonyl (C=O) groups excluding carboxylic acids is 1. The van der Waals surface area contributed by atoms with Crippen molar-refractivity contribution in [1.29, 1.82) is 0 Å². The Kier molecular flexibility index (Phi) is 5.54. The maximum atomic E-state index is 13.6. The number of rotatable bonds is 5. The second-order valence-electron chi connectivity index (χ2n) is 5.93. The average molecular weight is 346 g/mol. The van der Waals surface area contributed by atoms with Gasteiger partial charge in [-0.15, -0.1) is 0 Å². The van der Waals surface area contributed by atoms with Crippen molar-refractivity contribution in [2.45, 2.75) is 13.0 Å². The van der Waals surface area contributed by atoms with Crippen molar-refractivity contribution in [2.75, 3.05) is 0 Å². The molecule has 2 aromatic carbocycles. The summed E-state index contributed by atoms with van der Waals surface area (Å²) in [7, 11) is 0. The molecule has 4 heteroatoms.